The first-order chi connectivity index (χ1) is 20.8. The van der Waals surface area contributed by atoms with Crippen molar-refractivity contribution in [3.05, 3.63) is 89.5 Å². The second kappa shape index (κ2) is 16.2. The highest BCUT2D eigenvalue weighted by Gasteiger charge is 2.32. The fourth-order valence-electron chi connectivity index (χ4n) is 4.66. The van der Waals surface area contributed by atoms with Gasteiger partial charge in [0.1, 0.15) is 0 Å². The third-order valence-electron chi connectivity index (χ3n) is 6.85. The summed E-state index contributed by atoms with van der Waals surface area (Å²) in [6.07, 6.45) is 0.985. The number of anilines is 2. The number of hydrogen-bond acceptors (Lipinski definition) is 8. The van der Waals surface area contributed by atoms with Crippen molar-refractivity contribution >= 4 is 40.9 Å². The summed E-state index contributed by atoms with van der Waals surface area (Å²) < 4.78 is 12.9. The first-order valence-corrected chi connectivity index (χ1v) is 15.2. The standard InChI is InChI=1S/C32H37N3O7S/c1-21(37)33-25-13-15-28(16-14-25)43-20-27-18-29(23-11-9-22(19-36)10-12-23)42-32(41-27)24-5-4-6-26(17-24)34-30(38)7-2-3-8-31(39)35-40/h4-6,9-17,27,29,32,36,40H,2-3,7-8,18-20H2,1H3,(H,33,37)(H,34,38)(H,35,39). The van der Waals surface area contributed by atoms with Crippen LogP contribution in [0.25, 0.3) is 0 Å². The van der Waals surface area contributed by atoms with Gasteiger partial charge in [-0.1, -0.05) is 36.4 Å². The summed E-state index contributed by atoms with van der Waals surface area (Å²) in [4.78, 5) is 36.0. The van der Waals surface area contributed by atoms with Crippen LogP contribution >= 0.6 is 11.8 Å². The molecular formula is C32H37N3O7S. The van der Waals surface area contributed by atoms with Gasteiger partial charge >= 0.3 is 0 Å². The first kappa shape index (κ1) is 32.2. The molecule has 0 spiro atoms. The predicted octanol–water partition coefficient (Wildman–Crippen LogP) is 5.48. The molecule has 0 aliphatic carbocycles. The van der Waals surface area contributed by atoms with Gasteiger partial charge in [-0.05, 0) is 60.4 Å². The number of aliphatic hydroxyl groups is 1. The van der Waals surface area contributed by atoms with Crippen molar-refractivity contribution in [3.63, 3.8) is 0 Å². The Balaban J connectivity index is 1.43. The monoisotopic (exact) mass is 607 g/mol. The lowest BCUT2D eigenvalue weighted by molar-refractivity contribution is -0.245. The fraction of sp³-hybridized carbons (Fsp3) is 0.344. The fourth-order valence-corrected chi connectivity index (χ4v) is 5.58. The van der Waals surface area contributed by atoms with Crippen molar-refractivity contribution < 1.29 is 34.2 Å². The van der Waals surface area contributed by atoms with E-state index in [1.165, 1.54) is 6.92 Å². The lowest BCUT2D eigenvalue weighted by atomic mass is 10.0. The van der Waals surface area contributed by atoms with Crippen LogP contribution in [-0.4, -0.2) is 39.9 Å². The molecule has 1 heterocycles. The van der Waals surface area contributed by atoms with E-state index in [4.69, 9.17) is 14.7 Å². The van der Waals surface area contributed by atoms with E-state index in [9.17, 15) is 19.5 Å². The smallest absolute Gasteiger partial charge is 0.243 e. The van der Waals surface area contributed by atoms with Crippen molar-refractivity contribution in [3.8, 4) is 0 Å². The highest BCUT2D eigenvalue weighted by Crippen LogP contribution is 2.40. The molecule has 5 N–H and O–H groups in total. The number of amides is 3. The number of ether oxygens (including phenoxy) is 2. The highest BCUT2D eigenvalue weighted by molar-refractivity contribution is 7.99. The van der Waals surface area contributed by atoms with Gasteiger partial charge < -0.3 is 25.2 Å². The summed E-state index contributed by atoms with van der Waals surface area (Å²) in [5.74, 6) is -0.0871. The maximum atomic E-state index is 12.5. The largest absolute Gasteiger partial charge is 0.392 e. The molecule has 1 aliphatic rings. The van der Waals surface area contributed by atoms with Crippen molar-refractivity contribution in [2.75, 3.05) is 16.4 Å². The lowest BCUT2D eigenvalue weighted by Crippen LogP contribution is -2.31. The van der Waals surface area contributed by atoms with Crippen molar-refractivity contribution in [1.82, 2.24) is 5.48 Å². The van der Waals surface area contributed by atoms with Gasteiger partial charge in [-0.15, -0.1) is 11.8 Å². The molecule has 1 saturated heterocycles. The van der Waals surface area contributed by atoms with Crippen molar-refractivity contribution in [2.24, 2.45) is 0 Å². The zero-order valence-corrected chi connectivity index (χ0v) is 24.8. The number of carbonyl (C=O) groups is 3. The van der Waals surface area contributed by atoms with E-state index in [-0.39, 0.29) is 43.5 Å². The van der Waals surface area contributed by atoms with Crippen molar-refractivity contribution in [1.29, 1.82) is 0 Å². The van der Waals surface area contributed by atoms with Crippen LogP contribution in [0.3, 0.4) is 0 Å². The van der Waals surface area contributed by atoms with Crippen LogP contribution in [0, 0.1) is 0 Å². The molecule has 0 saturated carbocycles. The molecule has 1 fully saturated rings. The van der Waals surface area contributed by atoms with Gasteiger partial charge in [0.05, 0.1) is 18.8 Å². The van der Waals surface area contributed by atoms with Crippen LogP contribution < -0.4 is 16.1 Å². The Morgan fingerprint density at radius 2 is 1.58 bits per heavy atom. The zero-order valence-electron chi connectivity index (χ0n) is 24.0. The van der Waals surface area contributed by atoms with E-state index in [0.29, 0.717) is 30.7 Å². The van der Waals surface area contributed by atoms with Gasteiger partial charge in [0.25, 0.3) is 0 Å². The summed E-state index contributed by atoms with van der Waals surface area (Å²) in [7, 11) is 0. The molecule has 4 rings (SSSR count). The van der Waals surface area contributed by atoms with Crippen LogP contribution in [0.15, 0.2) is 77.7 Å². The first-order valence-electron chi connectivity index (χ1n) is 14.2. The van der Waals surface area contributed by atoms with Crippen LogP contribution in [0.5, 0.6) is 0 Å². The molecule has 3 unspecified atom stereocenters. The average Bonchev–Trinajstić information content (AvgIpc) is 3.02. The molecule has 0 radical (unpaired) electrons. The van der Waals surface area contributed by atoms with Crippen LogP contribution in [0.4, 0.5) is 11.4 Å². The lowest BCUT2D eigenvalue weighted by Gasteiger charge is -2.36. The molecule has 10 nitrogen and oxygen atoms in total. The molecule has 0 bridgehead atoms. The number of benzene rings is 3. The van der Waals surface area contributed by atoms with Gasteiger partial charge in [-0.25, -0.2) is 5.48 Å². The topological polar surface area (TPSA) is 146 Å². The van der Waals surface area contributed by atoms with E-state index in [2.05, 4.69) is 10.6 Å². The number of carbonyl (C=O) groups excluding carboxylic acids is 3. The van der Waals surface area contributed by atoms with Crippen LogP contribution in [0.1, 0.15) is 68.1 Å². The Kier molecular flexibility index (Phi) is 12.1. The number of hydrogen-bond donors (Lipinski definition) is 5. The van der Waals surface area contributed by atoms with Crippen LogP contribution in [-0.2, 0) is 30.5 Å². The number of unbranched alkanes of at least 4 members (excludes halogenated alkanes) is 1. The van der Waals surface area contributed by atoms with E-state index in [1.807, 2.05) is 66.7 Å². The quantitative estimate of drug-likeness (QED) is 0.0743. The second-order valence-electron chi connectivity index (χ2n) is 10.3. The Labute approximate surface area is 255 Å². The van der Waals surface area contributed by atoms with Gasteiger partial charge in [0.2, 0.25) is 17.7 Å². The minimum atomic E-state index is -0.669. The SMILES string of the molecule is CC(=O)Nc1ccc(SCC2CC(c3ccc(CO)cc3)OC(c3cccc(NC(=O)CCCCC(=O)NO)c3)O2)cc1. The minimum Gasteiger partial charge on any atom is -0.392 e. The Hall–Kier alpha value is -3.74. The summed E-state index contributed by atoms with van der Waals surface area (Å²) in [5, 5.41) is 23.7. The average molecular weight is 608 g/mol. The maximum absolute atomic E-state index is 12.5. The number of hydroxylamine groups is 1. The molecule has 11 heteroatoms. The molecule has 0 aromatic heterocycles. The molecule has 43 heavy (non-hydrogen) atoms. The molecule has 3 aromatic carbocycles. The van der Waals surface area contributed by atoms with E-state index in [1.54, 1.807) is 23.3 Å². The van der Waals surface area contributed by atoms with Crippen molar-refractivity contribution in [2.45, 2.75) is 69.0 Å². The Morgan fingerprint density at radius 3 is 2.26 bits per heavy atom. The normalized spacial score (nSPS) is 18.1. The Morgan fingerprint density at radius 1 is 0.860 bits per heavy atom. The van der Waals surface area contributed by atoms with E-state index < -0.39 is 12.2 Å². The van der Waals surface area contributed by atoms with Gasteiger partial charge in [0, 0.05) is 53.8 Å². The molecule has 1 aliphatic heterocycles. The summed E-state index contributed by atoms with van der Waals surface area (Å²) in [6, 6.07) is 22.7. The Bertz CT molecular complexity index is 1370. The number of thioether (sulfide) groups is 1. The van der Waals surface area contributed by atoms with E-state index in [0.717, 1.165) is 27.3 Å². The maximum Gasteiger partial charge on any atom is 0.243 e. The van der Waals surface area contributed by atoms with Gasteiger partial charge in [0.15, 0.2) is 6.29 Å². The minimum absolute atomic E-state index is 0.0337. The second-order valence-corrected chi connectivity index (χ2v) is 11.4. The van der Waals surface area contributed by atoms with E-state index >= 15 is 0 Å². The molecular weight excluding hydrogens is 570 g/mol. The van der Waals surface area contributed by atoms with Gasteiger partial charge in [-0.2, -0.15) is 0 Å². The number of aliphatic hydroxyl groups excluding tert-OH is 1. The number of nitrogens with one attached hydrogen (secondary N) is 3. The molecule has 3 aromatic rings. The van der Waals surface area contributed by atoms with Crippen LogP contribution in [0.2, 0.25) is 0 Å². The summed E-state index contributed by atoms with van der Waals surface area (Å²) in [5.41, 5.74) is 5.52. The molecule has 3 atom stereocenters. The molecule has 228 valence electrons. The number of rotatable bonds is 13. The third kappa shape index (κ3) is 10.2. The summed E-state index contributed by atoms with van der Waals surface area (Å²) in [6.45, 7) is 1.44. The predicted molar refractivity (Wildman–Crippen MR) is 163 cm³/mol. The molecule has 3 amide bonds. The summed E-state index contributed by atoms with van der Waals surface area (Å²) >= 11 is 1.66. The highest BCUT2D eigenvalue weighted by atomic mass is 32.2. The zero-order chi connectivity index (χ0) is 30.6. The third-order valence-corrected chi connectivity index (χ3v) is 7.99. The van der Waals surface area contributed by atoms with Gasteiger partial charge in [-0.3, -0.25) is 19.6 Å².